The van der Waals surface area contributed by atoms with Crippen molar-refractivity contribution in [2.75, 3.05) is 0 Å². The smallest absolute Gasteiger partial charge is 0.0638 e. The third-order valence-electron chi connectivity index (χ3n) is 3.43. The molecule has 6 heteroatoms. The minimum Gasteiger partial charge on any atom is -0.308 e. The van der Waals surface area contributed by atoms with E-state index in [1.165, 1.54) is 11.1 Å². The van der Waals surface area contributed by atoms with Crippen molar-refractivity contribution >= 4 is 12.4 Å². The highest BCUT2D eigenvalue weighted by atomic mass is 35.5. The van der Waals surface area contributed by atoms with E-state index in [2.05, 4.69) is 62.5 Å². The molecule has 0 aliphatic heterocycles. The molecule has 0 radical (unpaired) electrons. The Morgan fingerprint density at radius 2 is 1.86 bits per heavy atom. The van der Waals surface area contributed by atoms with Gasteiger partial charge in [-0.1, -0.05) is 13.8 Å². The van der Waals surface area contributed by atoms with Crippen LogP contribution in [-0.4, -0.2) is 19.6 Å². The molecule has 0 fully saturated rings. The summed E-state index contributed by atoms with van der Waals surface area (Å²) in [4.78, 5) is 0. The molecular weight excluding hydrogens is 298 g/mol. The fraction of sp³-hybridized carbons (Fsp3) is 0.625. The Balaban J connectivity index is 0.00000242. The number of nitrogens with zero attached hydrogens (tertiary/aromatic N) is 4. The SMILES string of the molecule is Cc1nn(C(C)C)cc1CNCc1cnn(CC(C)C)c1.Cl. The minimum atomic E-state index is 0. The highest BCUT2D eigenvalue weighted by molar-refractivity contribution is 5.85. The Labute approximate surface area is 139 Å². The monoisotopic (exact) mass is 325 g/mol. The van der Waals surface area contributed by atoms with E-state index >= 15 is 0 Å². The Morgan fingerprint density at radius 3 is 2.45 bits per heavy atom. The van der Waals surface area contributed by atoms with Crippen LogP contribution in [0.2, 0.25) is 0 Å². The van der Waals surface area contributed by atoms with E-state index in [1.807, 2.05) is 15.6 Å². The number of hydrogen-bond donors (Lipinski definition) is 1. The third-order valence-corrected chi connectivity index (χ3v) is 3.43. The molecule has 0 saturated carbocycles. The molecule has 0 aromatic carbocycles. The predicted molar refractivity (Wildman–Crippen MR) is 92.2 cm³/mol. The van der Waals surface area contributed by atoms with Gasteiger partial charge in [-0.25, -0.2) is 0 Å². The summed E-state index contributed by atoms with van der Waals surface area (Å²) in [5, 5.41) is 12.4. The molecule has 2 rings (SSSR count). The lowest BCUT2D eigenvalue weighted by molar-refractivity contribution is 0.482. The average molecular weight is 326 g/mol. The first kappa shape index (κ1) is 18.7. The van der Waals surface area contributed by atoms with Gasteiger partial charge >= 0.3 is 0 Å². The van der Waals surface area contributed by atoms with Gasteiger partial charge in [0.15, 0.2) is 0 Å². The number of nitrogens with one attached hydrogen (secondary N) is 1. The maximum atomic E-state index is 4.53. The van der Waals surface area contributed by atoms with Crippen molar-refractivity contribution in [3.63, 3.8) is 0 Å². The van der Waals surface area contributed by atoms with Gasteiger partial charge in [0.25, 0.3) is 0 Å². The predicted octanol–water partition coefficient (Wildman–Crippen LogP) is 3.34. The Hall–Kier alpha value is -1.33. The van der Waals surface area contributed by atoms with Gasteiger partial charge in [-0.2, -0.15) is 10.2 Å². The molecule has 0 aliphatic carbocycles. The van der Waals surface area contributed by atoms with E-state index < -0.39 is 0 Å². The molecule has 5 nitrogen and oxygen atoms in total. The lowest BCUT2D eigenvalue weighted by Gasteiger charge is -2.04. The Morgan fingerprint density at radius 1 is 1.14 bits per heavy atom. The maximum absolute atomic E-state index is 4.53. The summed E-state index contributed by atoms with van der Waals surface area (Å²) in [5.41, 5.74) is 3.59. The van der Waals surface area contributed by atoms with Gasteiger partial charge in [-0.15, -0.1) is 12.4 Å². The first-order valence-corrected chi connectivity index (χ1v) is 7.72. The highest BCUT2D eigenvalue weighted by Crippen LogP contribution is 2.10. The summed E-state index contributed by atoms with van der Waals surface area (Å²) in [7, 11) is 0. The zero-order chi connectivity index (χ0) is 15.4. The van der Waals surface area contributed by atoms with Crippen molar-refractivity contribution in [3.8, 4) is 0 Å². The maximum Gasteiger partial charge on any atom is 0.0638 e. The van der Waals surface area contributed by atoms with Crippen LogP contribution in [0, 0.1) is 12.8 Å². The average Bonchev–Trinajstić information content (AvgIpc) is 2.97. The molecule has 0 aliphatic rings. The fourth-order valence-corrected chi connectivity index (χ4v) is 2.27. The molecule has 124 valence electrons. The molecule has 0 amide bonds. The molecule has 0 saturated heterocycles. The van der Waals surface area contributed by atoms with Gasteiger partial charge in [-0.3, -0.25) is 9.36 Å². The van der Waals surface area contributed by atoms with Crippen LogP contribution in [0.15, 0.2) is 18.6 Å². The molecule has 0 bridgehead atoms. The molecule has 0 atom stereocenters. The summed E-state index contributed by atoms with van der Waals surface area (Å²) in [6.45, 7) is 13.4. The van der Waals surface area contributed by atoms with Crippen molar-refractivity contribution < 1.29 is 0 Å². The summed E-state index contributed by atoms with van der Waals surface area (Å²) in [5.74, 6) is 0.621. The quantitative estimate of drug-likeness (QED) is 0.849. The summed E-state index contributed by atoms with van der Waals surface area (Å²) < 4.78 is 4.04. The second-order valence-corrected chi connectivity index (χ2v) is 6.38. The van der Waals surface area contributed by atoms with Gasteiger partial charge in [0.05, 0.1) is 11.9 Å². The number of halogens is 1. The second-order valence-electron chi connectivity index (χ2n) is 6.38. The Kier molecular flexibility index (Phi) is 7.10. The normalized spacial score (nSPS) is 11.2. The van der Waals surface area contributed by atoms with Crippen molar-refractivity contribution in [3.05, 3.63) is 35.4 Å². The molecular formula is C16H28ClN5. The van der Waals surface area contributed by atoms with Crippen molar-refractivity contribution in [1.82, 2.24) is 24.9 Å². The summed E-state index contributed by atoms with van der Waals surface area (Å²) in [6.07, 6.45) is 6.20. The standard InChI is InChI=1S/C16H27N5.ClH/c1-12(2)9-20-10-15(7-18-20)6-17-8-16-11-21(13(3)4)19-14(16)5;/h7,10-13,17H,6,8-9H2,1-5H3;1H. The largest absolute Gasteiger partial charge is 0.308 e. The number of hydrogen-bond acceptors (Lipinski definition) is 3. The molecule has 1 N–H and O–H groups in total. The van der Waals surface area contributed by atoms with Gasteiger partial charge in [0, 0.05) is 49.2 Å². The molecule has 2 aromatic heterocycles. The molecule has 0 spiro atoms. The van der Waals surface area contributed by atoms with E-state index in [9.17, 15) is 0 Å². The van der Waals surface area contributed by atoms with Gasteiger partial charge in [0.2, 0.25) is 0 Å². The van der Waals surface area contributed by atoms with Gasteiger partial charge in [0.1, 0.15) is 0 Å². The van der Waals surface area contributed by atoms with E-state index in [4.69, 9.17) is 0 Å². The van der Waals surface area contributed by atoms with Crippen LogP contribution in [0.3, 0.4) is 0 Å². The van der Waals surface area contributed by atoms with Crippen LogP contribution in [0.4, 0.5) is 0 Å². The topological polar surface area (TPSA) is 47.7 Å². The molecule has 2 heterocycles. The Bertz CT molecular complexity index is 571. The zero-order valence-electron chi connectivity index (χ0n) is 14.2. The fourth-order valence-electron chi connectivity index (χ4n) is 2.27. The van der Waals surface area contributed by atoms with Crippen LogP contribution >= 0.6 is 12.4 Å². The molecule has 2 aromatic rings. The van der Waals surface area contributed by atoms with E-state index in [-0.39, 0.29) is 12.4 Å². The van der Waals surface area contributed by atoms with E-state index in [1.54, 1.807) is 0 Å². The first-order chi connectivity index (χ1) is 9.95. The summed E-state index contributed by atoms with van der Waals surface area (Å²) >= 11 is 0. The van der Waals surface area contributed by atoms with Crippen LogP contribution in [0.25, 0.3) is 0 Å². The second kappa shape index (κ2) is 8.34. The van der Waals surface area contributed by atoms with Crippen molar-refractivity contribution in [2.45, 2.75) is 60.3 Å². The van der Waals surface area contributed by atoms with E-state index in [0.29, 0.717) is 12.0 Å². The summed E-state index contributed by atoms with van der Waals surface area (Å²) in [6, 6.07) is 0.409. The van der Waals surface area contributed by atoms with Crippen molar-refractivity contribution in [1.29, 1.82) is 0 Å². The lowest BCUT2D eigenvalue weighted by atomic mass is 10.2. The third kappa shape index (κ3) is 5.14. The van der Waals surface area contributed by atoms with Crippen LogP contribution in [0.5, 0.6) is 0 Å². The molecule has 22 heavy (non-hydrogen) atoms. The zero-order valence-corrected chi connectivity index (χ0v) is 15.0. The molecule has 0 unspecified atom stereocenters. The van der Waals surface area contributed by atoms with Gasteiger partial charge < -0.3 is 5.32 Å². The number of aromatic nitrogens is 4. The van der Waals surface area contributed by atoms with E-state index in [0.717, 1.165) is 25.3 Å². The lowest BCUT2D eigenvalue weighted by Crippen LogP contribution is -2.12. The van der Waals surface area contributed by atoms with Crippen LogP contribution in [0.1, 0.15) is 50.6 Å². The minimum absolute atomic E-state index is 0. The van der Waals surface area contributed by atoms with Gasteiger partial charge in [-0.05, 0) is 26.7 Å². The van der Waals surface area contributed by atoms with Crippen molar-refractivity contribution in [2.24, 2.45) is 5.92 Å². The highest BCUT2D eigenvalue weighted by Gasteiger charge is 2.07. The first-order valence-electron chi connectivity index (χ1n) is 7.72. The number of rotatable bonds is 7. The number of aryl methyl sites for hydroxylation is 1. The van der Waals surface area contributed by atoms with Crippen LogP contribution in [-0.2, 0) is 19.6 Å². The van der Waals surface area contributed by atoms with Crippen LogP contribution < -0.4 is 5.32 Å².